The van der Waals surface area contributed by atoms with Crippen molar-refractivity contribution in [3.8, 4) is 0 Å². The molecule has 0 aromatic carbocycles. The van der Waals surface area contributed by atoms with Crippen molar-refractivity contribution in [2.45, 2.75) is 57.0 Å². The Hall–Kier alpha value is -1.69. The molecule has 1 N–H and O–H groups in total. The van der Waals surface area contributed by atoms with E-state index in [0.717, 1.165) is 25.7 Å². The molecule has 1 aliphatic carbocycles. The number of carbonyl (C=O) groups excluding carboxylic acids is 1. The lowest BCUT2D eigenvalue weighted by atomic mass is 9.72. The number of carbonyl (C=O) groups is 1. The van der Waals surface area contributed by atoms with Crippen LogP contribution in [-0.2, 0) is 16.8 Å². The molecular formula is C16H22N4OS. The number of rotatable bonds is 5. The van der Waals surface area contributed by atoms with E-state index in [1.165, 1.54) is 17.6 Å². The summed E-state index contributed by atoms with van der Waals surface area (Å²) in [4.78, 5) is 18.2. The average Bonchev–Trinajstić information content (AvgIpc) is 3.21. The van der Waals surface area contributed by atoms with E-state index in [1.807, 2.05) is 13.0 Å². The van der Waals surface area contributed by atoms with E-state index in [0.29, 0.717) is 6.54 Å². The predicted octanol–water partition coefficient (Wildman–Crippen LogP) is 2.75. The number of hydrogen-bond donors (Lipinski definition) is 1. The SMILES string of the molecule is C[C@H](Cn1cncn1)NC(=O)C1(c2cccs2)CCCCC1. The van der Waals surface area contributed by atoms with Crippen molar-refractivity contribution in [1.82, 2.24) is 20.1 Å². The first-order valence-corrected chi connectivity index (χ1v) is 8.76. The smallest absolute Gasteiger partial charge is 0.231 e. The van der Waals surface area contributed by atoms with E-state index >= 15 is 0 Å². The Morgan fingerprint density at radius 1 is 1.45 bits per heavy atom. The second-order valence-corrected chi connectivity index (χ2v) is 7.06. The van der Waals surface area contributed by atoms with Crippen LogP contribution in [0.25, 0.3) is 0 Å². The monoisotopic (exact) mass is 318 g/mol. The largest absolute Gasteiger partial charge is 0.351 e. The summed E-state index contributed by atoms with van der Waals surface area (Å²) in [5, 5.41) is 9.36. The molecule has 0 aliphatic heterocycles. The molecule has 2 aromatic heterocycles. The van der Waals surface area contributed by atoms with E-state index in [9.17, 15) is 4.79 Å². The minimum atomic E-state index is -0.330. The normalized spacial score (nSPS) is 18.8. The van der Waals surface area contributed by atoms with Crippen LogP contribution in [0.15, 0.2) is 30.2 Å². The van der Waals surface area contributed by atoms with Crippen molar-refractivity contribution in [1.29, 1.82) is 0 Å². The average molecular weight is 318 g/mol. The van der Waals surface area contributed by atoms with Gasteiger partial charge in [0.2, 0.25) is 5.91 Å². The highest BCUT2D eigenvalue weighted by Crippen LogP contribution is 2.41. The molecule has 6 heteroatoms. The fraction of sp³-hybridized carbons (Fsp3) is 0.562. The van der Waals surface area contributed by atoms with Crippen molar-refractivity contribution < 1.29 is 4.79 Å². The summed E-state index contributed by atoms with van der Waals surface area (Å²) in [7, 11) is 0. The summed E-state index contributed by atoms with van der Waals surface area (Å²) in [6.07, 6.45) is 8.59. The Kier molecular flexibility index (Phi) is 4.57. The zero-order valence-electron chi connectivity index (χ0n) is 12.9. The first-order chi connectivity index (χ1) is 10.7. The zero-order chi connectivity index (χ0) is 15.4. The van der Waals surface area contributed by atoms with Gasteiger partial charge >= 0.3 is 0 Å². The molecule has 5 nitrogen and oxygen atoms in total. The number of amides is 1. The summed E-state index contributed by atoms with van der Waals surface area (Å²) in [6.45, 7) is 2.66. The maximum Gasteiger partial charge on any atom is 0.231 e. The molecule has 0 saturated heterocycles. The van der Waals surface area contributed by atoms with E-state index in [4.69, 9.17) is 0 Å². The molecule has 1 saturated carbocycles. The van der Waals surface area contributed by atoms with Gasteiger partial charge in [-0.15, -0.1) is 11.3 Å². The Balaban J connectivity index is 1.72. The van der Waals surface area contributed by atoms with Gasteiger partial charge in [-0.05, 0) is 31.2 Å². The number of thiophene rings is 1. The molecular weight excluding hydrogens is 296 g/mol. The molecule has 2 aromatic rings. The molecule has 2 heterocycles. The molecule has 3 rings (SSSR count). The lowest BCUT2D eigenvalue weighted by Gasteiger charge is -2.36. The van der Waals surface area contributed by atoms with Crippen LogP contribution in [0.3, 0.4) is 0 Å². The summed E-state index contributed by atoms with van der Waals surface area (Å²) in [6, 6.07) is 4.19. The van der Waals surface area contributed by atoms with E-state index < -0.39 is 0 Å². The van der Waals surface area contributed by atoms with Crippen molar-refractivity contribution in [3.05, 3.63) is 35.0 Å². The van der Waals surface area contributed by atoms with Gasteiger partial charge < -0.3 is 5.32 Å². The molecule has 22 heavy (non-hydrogen) atoms. The fourth-order valence-corrected chi connectivity index (χ4v) is 4.29. The maximum absolute atomic E-state index is 13.0. The van der Waals surface area contributed by atoms with Crippen molar-refractivity contribution in [2.75, 3.05) is 0 Å². The van der Waals surface area contributed by atoms with Crippen LogP contribution in [0.4, 0.5) is 0 Å². The predicted molar refractivity (Wildman–Crippen MR) is 86.7 cm³/mol. The van der Waals surface area contributed by atoms with Gasteiger partial charge in [0.25, 0.3) is 0 Å². The third kappa shape index (κ3) is 3.06. The minimum Gasteiger partial charge on any atom is -0.351 e. The number of nitrogens with one attached hydrogen (secondary N) is 1. The standard InChI is InChI=1S/C16H22N4OS/c1-13(10-20-12-17-11-18-20)19-15(21)16(7-3-2-4-8-16)14-6-5-9-22-14/h5-6,9,11-13H,2-4,7-8,10H2,1H3,(H,19,21)/t13-/m1/s1. The molecule has 1 fully saturated rings. The third-order valence-electron chi connectivity index (χ3n) is 4.44. The van der Waals surface area contributed by atoms with E-state index in [2.05, 4.69) is 26.8 Å². The summed E-state index contributed by atoms with van der Waals surface area (Å²) < 4.78 is 1.75. The summed E-state index contributed by atoms with van der Waals surface area (Å²) in [5.41, 5.74) is -0.330. The zero-order valence-corrected chi connectivity index (χ0v) is 13.7. The van der Waals surface area contributed by atoms with Gasteiger partial charge in [0.1, 0.15) is 12.7 Å². The van der Waals surface area contributed by atoms with Gasteiger partial charge in [-0.2, -0.15) is 5.10 Å². The molecule has 1 aliphatic rings. The molecule has 0 unspecified atom stereocenters. The van der Waals surface area contributed by atoms with Gasteiger partial charge in [-0.25, -0.2) is 4.98 Å². The first kappa shape index (κ1) is 15.2. The Morgan fingerprint density at radius 2 is 2.27 bits per heavy atom. The fourth-order valence-electron chi connectivity index (χ4n) is 3.31. The third-order valence-corrected chi connectivity index (χ3v) is 5.51. The Morgan fingerprint density at radius 3 is 2.91 bits per heavy atom. The molecule has 1 amide bonds. The Labute approximate surface area is 134 Å². The van der Waals surface area contributed by atoms with Gasteiger partial charge in [-0.1, -0.05) is 25.3 Å². The quantitative estimate of drug-likeness (QED) is 0.922. The lowest BCUT2D eigenvalue weighted by Crippen LogP contribution is -2.49. The van der Waals surface area contributed by atoms with E-state index in [-0.39, 0.29) is 17.4 Å². The second-order valence-electron chi connectivity index (χ2n) is 6.11. The molecule has 0 spiro atoms. The van der Waals surface area contributed by atoms with Crippen molar-refractivity contribution in [2.24, 2.45) is 0 Å². The highest BCUT2D eigenvalue weighted by molar-refractivity contribution is 7.10. The van der Waals surface area contributed by atoms with Crippen LogP contribution < -0.4 is 5.32 Å². The molecule has 0 bridgehead atoms. The van der Waals surface area contributed by atoms with Gasteiger partial charge in [0.15, 0.2) is 0 Å². The number of nitrogens with zero attached hydrogens (tertiary/aromatic N) is 3. The van der Waals surface area contributed by atoms with Crippen LogP contribution in [0.1, 0.15) is 43.9 Å². The summed E-state index contributed by atoms with van der Waals surface area (Å²) >= 11 is 1.70. The highest BCUT2D eigenvalue weighted by Gasteiger charge is 2.42. The molecule has 118 valence electrons. The summed E-state index contributed by atoms with van der Waals surface area (Å²) in [5.74, 6) is 0.169. The molecule has 0 radical (unpaired) electrons. The maximum atomic E-state index is 13.0. The Bertz CT molecular complexity index is 588. The number of hydrogen-bond acceptors (Lipinski definition) is 4. The minimum absolute atomic E-state index is 0.0352. The van der Waals surface area contributed by atoms with Crippen LogP contribution in [0.2, 0.25) is 0 Å². The topological polar surface area (TPSA) is 59.8 Å². The second kappa shape index (κ2) is 6.60. The van der Waals surface area contributed by atoms with Crippen LogP contribution in [0.5, 0.6) is 0 Å². The van der Waals surface area contributed by atoms with Gasteiger partial charge in [0, 0.05) is 10.9 Å². The highest BCUT2D eigenvalue weighted by atomic mass is 32.1. The van der Waals surface area contributed by atoms with Crippen molar-refractivity contribution >= 4 is 17.2 Å². The lowest BCUT2D eigenvalue weighted by molar-refractivity contribution is -0.128. The van der Waals surface area contributed by atoms with Crippen LogP contribution in [0, 0.1) is 0 Å². The van der Waals surface area contributed by atoms with Crippen molar-refractivity contribution in [3.63, 3.8) is 0 Å². The number of aromatic nitrogens is 3. The molecule has 1 atom stereocenters. The first-order valence-electron chi connectivity index (χ1n) is 7.88. The van der Waals surface area contributed by atoms with Gasteiger partial charge in [-0.3, -0.25) is 9.48 Å². The van der Waals surface area contributed by atoms with Gasteiger partial charge in [0.05, 0.1) is 12.0 Å². The van der Waals surface area contributed by atoms with E-state index in [1.54, 1.807) is 22.3 Å². The van der Waals surface area contributed by atoms with Crippen LogP contribution >= 0.6 is 11.3 Å². The van der Waals surface area contributed by atoms with Crippen LogP contribution in [-0.4, -0.2) is 26.7 Å².